The fourth-order valence-electron chi connectivity index (χ4n) is 2.95. The molecule has 3 aromatic rings. The van der Waals surface area contributed by atoms with Gasteiger partial charge < -0.3 is 0 Å². The van der Waals surface area contributed by atoms with Crippen molar-refractivity contribution in [2.75, 3.05) is 0 Å². The second kappa shape index (κ2) is 6.02. The van der Waals surface area contributed by atoms with Gasteiger partial charge in [-0.05, 0) is 24.8 Å². The summed E-state index contributed by atoms with van der Waals surface area (Å²) in [7, 11) is 0. The Hall–Kier alpha value is -2.21. The second-order valence-corrected chi connectivity index (χ2v) is 7.39. The van der Waals surface area contributed by atoms with Gasteiger partial charge in [-0.15, -0.1) is 5.10 Å². The molecule has 24 heavy (non-hydrogen) atoms. The summed E-state index contributed by atoms with van der Waals surface area (Å²) >= 11 is 1.58. The predicted molar refractivity (Wildman–Crippen MR) is 93.3 cm³/mol. The molecule has 1 atom stereocenters. The molecule has 0 N–H and O–H groups in total. The van der Waals surface area contributed by atoms with Crippen LogP contribution in [0.1, 0.15) is 40.5 Å². The van der Waals surface area contributed by atoms with Crippen molar-refractivity contribution in [3.05, 3.63) is 52.8 Å². The summed E-state index contributed by atoms with van der Waals surface area (Å²) in [5.41, 5.74) is 4.04. The van der Waals surface area contributed by atoms with Crippen molar-refractivity contribution >= 4 is 23.3 Å². The lowest BCUT2D eigenvalue weighted by atomic mass is 9.88. The van der Waals surface area contributed by atoms with E-state index in [1.54, 1.807) is 22.5 Å². The minimum absolute atomic E-state index is 0.155. The molecule has 1 aromatic carbocycles. The van der Waals surface area contributed by atoms with E-state index >= 15 is 0 Å². The topological polar surface area (TPSA) is 60.1 Å². The summed E-state index contributed by atoms with van der Waals surface area (Å²) in [6, 6.07) is 8.45. The van der Waals surface area contributed by atoms with Crippen LogP contribution in [-0.2, 0) is 12.2 Å². The highest BCUT2D eigenvalue weighted by Gasteiger charge is 2.25. The van der Waals surface area contributed by atoms with E-state index < -0.39 is 0 Å². The minimum atomic E-state index is 0.155. The van der Waals surface area contributed by atoms with Crippen LogP contribution >= 0.6 is 11.8 Å². The number of Topliss-reactive ketones (excluding diaryl/α,β-unsaturated/α-hetero) is 1. The van der Waals surface area contributed by atoms with E-state index in [-0.39, 0.29) is 5.78 Å². The molecule has 0 saturated carbocycles. The molecule has 1 unspecified atom stereocenters. The number of carbonyl (C=O) groups is 1. The van der Waals surface area contributed by atoms with Crippen molar-refractivity contribution in [1.82, 2.24) is 19.6 Å². The molecule has 0 aliphatic heterocycles. The number of aryl methyl sites for hydroxylation is 1. The van der Waals surface area contributed by atoms with E-state index in [9.17, 15) is 4.79 Å². The number of fused-ring (bicyclic) bond motifs is 2. The average Bonchev–Trinajstić information content (AvgIpc) is 2.94. The van der Waals surface area contributed by atoms with Gasteiger partial charge in [-0.1, -0.05) is 48.5 Å². The minimum Gasteiger partial charge on any atom is -0.294 e. The third-order valence-electron chi connectivity index (χ3n) is 4.26. The van der Waals surface area contributed by atoms with Crippen LogP contribution in [0.15, 0.2) is 35.6 Å². The van der Waals surface area contributed by atoms with Gasteiger partial charge in [0.1, 0.15) is 0 Å². The van der Waals surface area contributed by atoms with Crippen LogP contribution in [0.4, 0.5) is 0 Å². The quantitative estimate of drug-likeness (QED) is 0.684. The van der Waals surface area contributed by atoms with Gasteiger partial charge in [0.05, 0.1) is 11.3 Å². The summed E-state index contributed by atoms with van der Waals surface area (Å²) in [6.07, 6.45) is 3.20. The number of ketones is 1. The summed E-state index contributed by atoms with van der Waals surface area (Å²) in [5, 5.41) is 5.15. The maximum absolute atomic E-state index is 12.2. The first-order valence-electron chi connectivity index (χ1n) is 8.06. The zero-order valence-corrected chi connectivity index (χ0v) is 14.5. The highest BCUT2D eigenvalue weighted by atomic mass is 32.2. The third-order valence-corrected chi connectivity index (χ3v) is 5.16. The molecule has 1 aliphatic rings. The second-order valence-electron chi connectivity index (χ2n) is 6.45. The van der Waals surface area contributed by atoms with Crippen LogP contribution in [0, 0.1) is 12.8 Å². The number of aromatic nitrogens is 4. The van der Waals surface area contributed by atoms with Gasteiger partial charge in [0.15, 0.2) is 5.78 Å². The molecule has 4 rings (SSSR count). The summed E-state index contributed by atoms with van der Waals surface area (Å²) in [4.78, 5) is 21.2. The SMILES string of the molecule is Cc1ccc(CSc2nc3nc4c(cn3n2)C(=O)CC(C)C4)cc1. The lowest BCUT2D eigenvalue weighted by Gasteiger charge is -2.18. The van der Waals surface area contributed by atoms with Crippen molar-refractivity contribution in [3.63, 3.8) is 0 Å². The maximum atomic E-state index is 12.2. The van der Waals surface area contributed by atoms with Gasteiger partial charge in [0.25, 0.3) is 5.78 Å². The molecule has 6 heteroatoms. The van der Waals surface area contributed by atoms with Crippen molar-refractivity contribution in [1.29, 1.82) is 0 Å². The van der Waals surface area contributed by atoms with Crippen LogP contribution in [-0.4, -0.2) is 25.4 Å². The molecule has 0 bridgehead atoms. The van der Waals surface area contributed by atoms with E-state index in [1.165, 1.54) is 11.1 Å². The molecule has 1 aliphatic carbocycles. The van der Waals surface area contributed by atoms with E-state index in [2.05, 4.69) is 53.2 Å². The van der Waals surface area contributed by atoms with E-state index in [0.717, 1.165) is 17.9 Å². The Morgan fingerprint density at radius 3 is 2.79 bits per heavy atom. The summed E-state index contributed by atoms with van der Waals surface area (Å²) in [5.74, 6) is 1.88. The van der Waals surface area contributed by atoms with Gasteiger partial charge in [0.2, 0.25) is 5.16 Å². The van der Waals surface area contributed by atoms with Crippen molar-refractivity contribution in [2.45, 2.75) is 37.6 Å². The molecule has 5 nitrogen and oxygen atoms in total. The first-order valence-corrected chi connectivity index (χ1v) is 9.05. The van der Waals surface area contributed by atoms with Gasteiger partial charge in [-0.2, -0.15) is 4.98 Å². The zero-order valence-electron chi connectivity index (χ0n) is 13.7. The third kappa shape index (κ3) is 2.94. The van der Waals surface area contributed by atoms with E-state index in [0.29, 0.717) is 28.8 Å². The molecular formula is C18H18N4OS. The van der Waals surface area contributed by atoms with Crippen molar-refractivity contribution < 1.29 is 4.79 Å². The van der Waals surface area contributed by atoms with E-state index in [1.807, 2.05) is 0 Å². The molecule has 2 heterocycles. The van der Waals surface area contributed by atoms with Gasteiger partial charge in [-0.25, -0.2) is 9.50 Å². The van der Waals surface area contributed by atoms with Crippen LogP contribution in [0.5, 0.6) is 0 Å². The molecule has 0 fully saturated rings. The Labute approximate surface area is 144 Å². The first-order chi connectivity index (χ1) is 11.6. The fourth-order valence-corrected chi connectivity index (χ4v) is 3.73. The average molecular weight is 338 g/mol. The number of thioether (sulfide) groups is 1. The van der Waals surface area contributed by atoms with E-state index in [4.69, 9.17) is 0 Å². The Kier molecular flexibility index (Phi) is 3.84. The van der Waals surface area contributed by atoms with Gasteiger partial charge >= 0.3 is 0 Å². The summed E-state index contributed by atoms with van der Waals surface area (Å²) in [6.45, 7) is 4.16. The standard InChI is InChI=1S/C18H18N4OS/c1-11-3-5-13(6-4-11)10-24-18-20-17-19-15-7-12(2)8-16(23)14(15)9-22(17)21-18/h3-6,9,12H,7-8,10H2,1-2H3. The summed E-state index contributed by atoms with van der Waals surface area (Å²) < 4.78 is 1.63. The number of hydrogen-bond acceptors (Lipinski definition) is 5. The number of nitrogens with zero attached hydrogens (tertiary/aromatic N) is 4. The van der Waals surface area contributed by atoms with Crippen LogP contribution in [0.2, 0.25) is 0 Å². The molecule has 0 spiro atoms. The van der Waals surface area contributed by atoms with Crippen molar-refractivity contribution in [3.8, 4) is 0 Å². The molecule has 2 aromatic heterocycles. The number of benzene rings is 1. The maximum Gasteiger partial charge on any atom is 0.253 e. The van der Waals surface area contributed by atoms with Crippen LogP contribution in [0.25, 0.3) is 5.78 Å². The van der Waals surface area contributed by atoms with Crippen LogP contribution in [0.3, 0.4) is 0 Å². The van der Waals surface area contributed by atoms with Crippen molar-refractivity contribution in [2.24, 2.45) is 5.92 Å². The molecule has 122 valence electrons. The highest BCUT2D eigenvalue weighted by Crippen LogP contribution is 2.25. The number of rotatable bonds is 3. The Morgan fingerprint density at radius 1 is 1.21 bits per heavy atom. The molecule has 0 saturated heterocycles. The number of hydrogen-bond donors (Lipinski definition) is 0. The lowest BCUT2D eigenvalue weighted by molar-refractivity contribution is 0.0951. The highest BCUT2D eigenvalue weighted by molar-refractivity contribution is 7.98. The molecule has 0 radical (unpaired) electrons. The monoisotopic (exact) mass is 338 g/mol. The molecule has 0 amide bonds. The Bertz CT molecular complexity index is 917. The zero-order chi connectivity index (χ0) is 16.7. The lowest BCUT2D eigenvalue weighted by Crippen LogP contribution is -2.20. The Balaban J connectivity index is 1.59. The first kappa shape index (κ1) is 15.3. The largest absolute Gasteiger partial charge is 0.294 e. The smallest absolute Gasteiger partial charge is 0.253 e. The van der Waals surface area contributed by atoms with Gasteiger partial charge in [0, 0.05) is 18.4 Å². The Morgan fingerprint density at radius 2 is 2.00 bits per heavy atom. The molecular weight excluding hydrogens is 320 g/mol. The number of carbonyl (C=O) groups excluding carboxylic acids is 1. The normalized spacial score (nSPS) is 17.2. The van der Waals surface area contributed by atoms with Gasteiger partial charge in [-0.3, -0.25) is 4.79 Å². The van der Waals surface area contributed by atoms with Crippen LogP contribution < -0.4 is 0 Å². The fraction of sp³-hybridized carbons (Fsp3) is 0.333. The predicted octanol–water partition coefficient (Wildman–Crippen LogP) is 3.49.